The van der Waals surface area contributed by atoms with Gasteiger partial charge in [0.25, 0.3) is 5.91 Å². The van der Waals surface area contributed by atoms with E-state index >= 15 is 0 Å². The molecule has 0 spiro atoms. The molecule has 148 valence electrons. The lowest BCUT2D eigenvalue weighted by molar-refractivity contribution is -0.137. The summed E-state index contributed by atoms with van der Waals surface area (Å²) < 4.78 is 42.8. The van der Waals surface area contributed by atoms with Crippen LogP contribution in [0.1, 0.15) is 28.4 Å². The van der Waals surface area contributed by atoms with Crippen molar-refractivity contribution in [2.75, 3.05) is 6.61 Å². The fraction of sp³-hybridized carbons (Fsp3) is 0.250. The normalized spacial score (nSPS) is 12.1. The summed E-state index contributed by atoms with van der Waals surface area (Å²) >= 11 is 0. The van der Waals surface area contributed by atoms with Gasteiger partial charge >= 0.3 is 12.1 Å². The molecule has 0 fully saturated rings. The maximum atomic E-state index is 12.7. The van der Waals surface area contributed by atoms with E-state index < -0.39 is 36.3 Å². The quantitative estimate of drug-likeness (QED) is 0.734. The van der Waals surface area contributed by atoms with Gasteiger partial charge in [0.05, 0.1) is 17.2 Å². The summed E-state index contributed by atoms with van der Waals surface area (Å²) in [4.78, 5) is 35.6. The molecule has 2 rings (SSSR count). The van der Waals surface area contributed by atoms with Crippen molar-refractivity contribution >= 4 is 17.7 Å². The van der Waals surface area contributed by atoms with Crippen LogP contribution in [0.3, 0.4) is 0 Å². The van der Waals surface area contributed by atoms with Crippen LogP contribution in [-0.4, -0.2) is 30.3 Å². The van der Waals surface area contributed by atoms with Crippen LogP contribution in [0.2, 0.25) is 0 Å². The summed E-state index contributed by atoms with van der Waals surface area (Å²) in [7, 11) is 0. The Balaban J connectivity index is 1.93. The second-order valence-electron chi connectivity index (χ2n) is 6.08. The molecule has 5 nitrogen and oxygen atoms in total. The van der Waals surface area contributed by atoms with Crippen molar-refractivity contribution in [3.05, 3.63) is 71.3 Å². The molecule has 0 saturated carbocycles. The summed E-state index contributed by atoms with van der Waals surface area (Å²) in [6.07, 6.45) is -4.33. The van der Waals surface area contributed by atoms with Crippen LogP contribution in [0.15, 0.2) is 54.6 Å². The number of Topliss-reactive ketones (excluding diaryl/α,β-unsaturated/α-hetero) is 1. The smallest absolute Gasteiger partial charge is 0.416 e. The Labute approximate surface area is 159 Å². The Morgan fingerprint density at radius 2 is 1.71 bits per heavy atom. The lowest BCUT2D eigenvalue weighted by atomic mass is 10.0. The molecule has 0 aromatic heterocycles. The molecular formula is C20H18F3NO4. The van der Waals surface area contributed by atoms with E-state index in [0.29, 0.717) is 6.07 Å². The Bertz CT molecular complexity index is 850. The van der Waals surface area contributed by atoms with Crippen LogP contribution < -0.4 is 5.32 Å². The van der Waals surface area contributed by atoms with E-state index in [4.69, 9.17) is 4.74 Å². The highest BCUT2D eigenvalue weighted by Crippen LogP contribution is 2.29. The van der Waals surface area contributed by atoms with Gasteiger partial charge in [-0.15, -0.1) is 0 Å². The fourth-order valence-electron chi connectivity index (χ4n) is 2.42. The minimum absolute atomic E-state index is 0.267. The van der Waals surface area contributed by atoms with Gasteiger partial charge in [-0.2, -0.15) is 13.2 Å². The molecule has 0 radical (unpaired) electrons. The zero-order valence-electron chi connectivity index (χ0n) is 15.0. The highest BCUT2D eigenvalue weighted by Gasteiger charge is 2.31. The Hall–Kier alpha value is -3.16. The highest BCUT2D eigenvalue weighted by atomic mass is 19.4. The molecule has 28 heavy (non-hydrogen) atoms. The molecule has 0 aliphatic heterocycles. The predicted molar refractivity (Wildman–Crippen MR) is 94.5 cm³/mol. The lowest BCUT2D eigenvalue weighted by Gasteiger charge is -2.16. The summed E-state index contributed by atoms with van der Waals surface area (Å²) in [6, 6.07) is 11.9. The maximum Gasteiger partial charge on any atom is 0.416 e. The number of carbonyl (C=O) groups excluding carboxylic acids is 3. The van der Waals surface area contributed by atoms with E-state index in [1.807, 2.05) is 6.07 Å². The van der Waals surface area contributed by atoms with Gasteiger partial charge < -0.3 is 10.1 Å². The van der Waals surface area contributed by atoms with E-state index in [0.717, 1.165) is 23.8 Å². The molecule has 0 aliphatic carbocycles. The van der Waals surface area contributed by atoms with E-state index in [1.54, 1.807) is 24.3 Å². The number of alkyl halides is 3. The number of carbonyl (C=O) groups is 3. The van der Waals surface area contributed by atoms with Crippen LogP contribution in [-0.2, 0) is 26.9 Å². The Kier molecular flexibility index (Phi) is 6.92. The minimum Gasteiger partial charge on any atom is -0.452 e. The van der Waals surface area contributed by atoms with Gasteiger partial charge in [0.2, 0.25) is 0 Å². The molecular weight excluding hydrogens is 375 g/mol. The molecule has 2 aromatic carbocycles. The monoisotopic (exact) mass is 393 g/mol. The lowest BCUT2D eigenvalue weighted by Crippen LogP contribution is -2.43. The van der Waals surface area contributed by atoms with Crippen molar-refractivity contribution in [1.29, 1.82) is 0 Å². The first kappa shape index (κ1) is 21.1. The van der Waals surface area contributed by atoms with Gasteiger partial charge in [-0.1, -0.05) is 36.4 Å². The number of nitrogens with one attached hydrogen (secondary N) is 1. The third-order valence-electron chi connectivity index (χ3n) is 3.87. The van der Waals surface area contributed by atoms with Crippen LogP contribution in [0, 0.1) is 0 Å². The minimum atomic E-state index is -4.60. The van der Waals surface area contributed by atoms with Crippen molar-refractivity contribution in [2.24, 2.45) is 0 Å². The van der Waals surface area contributed by atoms with Crippen molar-refractivity contribution in [2.45, 2.75) is 25.6 Å². The van der Waals surface area contributed by atoms with Crippen LogP contribution in [0.25, 0.3) is 0 Å². The molecule has 1 unspecified atom stereocenters. The number of halogens is 3. The summed E-state index contributed by atoms with van der Waals surface area (Å²) in [5, 5.41) is 2.46. The molecule has 2 aromatic rings. The van der Waals surface area contributed by atoms with Crippen LogP contribution in [0.4, 0.5) is 13.2 Å². The van der Waals surface area contributed by atoms with Crippen molar-refractivity contribution in [3.8, 4) is 0 Å². The SMILES string of the molecule is CC(=O)C(Cc1ccccc1)NC(=O)COC(=O)c1cccc(C(F)(F)F)c1. The van der Waals surface area contributed by atoms with Crippen LogP contribution in [0.5, 0.6) is 0 Å². The molecule has 0 heterocycles. The zero-order valence-corrected chi connectivity index (χ0v) is 15.0. The summed E-state index contributed by atoms with van der Waals surface area (Å²) in [6.45, 7) is 0.607. The van der Waals surface area contributed by atoms with E-state index in [9.17, 15) is 27.6 Å². The molecule has 1 N–H and O–H groups in total. The average molecular weight is 393 g/mol. The average Bonchev–Trinajstić information content (AvgIpc) is 2.65. The van der Waals surface area contributed by atoms with Gasteiger partial charge in [-0.25, -0.2) is 4.79 Å². The molecule has 0 saturated heterocycles. The first-order valence-corrected chi connectivity index (χ1v) is 8.35. The summed E-state index contributed by atoms with van der Waals surface area (Å²) in [5.41, 5.74) is -0.482. The van der Waals surface area contributed by atoms with Gasteiger partial charge in [0, 0.05) is 0 Å². The third-order valence-corrected chi connectivity index (χ3v) is 3.87. The van der Waals surface area contributed by atoms with Crippen molar-refractivity contribution < 1.29 is 32.3 Å². The molecule has 1 atom stereocenters. The Morgan fingerprint density at radius 3 is 2.32 bits per heavy atom. The van der Waals surface area contributed by atoms with Gasteiger partial charge in [-0.05, 0) is 37.1 Å². The fourth-order valence-corrected chi connectivity index (χ4v) is 2.42. The van der Waals surface area contributed by atoms with Gasteiger partial charge in [-0.3, -0.25) is 9.59 Å². The number of hydrogen-bond donors (Lipinski definition) is 1. The summed E-state index contributed by atoms with van der Waals surface area (Å²) in [5.74, 6) is -2.07. The largest absolute Gasteiger partial charge is 0.452 e. The number of esters is 1. The zero-order chi connectivity index (χ0) is 20.7. The number of rotatable bonds is 7. The predicted octanol–water partition coefficient (Wildman–Crippen LogP) is 3.18. The number of hydrogen-bond acceptors (Lipinski definition) is 4. The maximum absolute atomic E-state index is 12.7. The number of ketones is 1. The molecule has 0 bridgehead atoms. The molecule has 0 aliphatic rings. The topological polar surface area (TPSA) is 72.5 Å². The van der Waals surface area contributed by atoms with Gasteiger partial charge in [0.1, 0.15) is 0 Å². The van der Waals surface area contributed by atoms with Crippen molar-refractivity contribution in [1.82, 2.24) is 5.32 Å². The van der Waals surface area contributed by atoms with E-state index in [-0.39, 0.29) is 17.8 Å². The standard InChI is InChI=1S/C20H18F3NO4/c1-13(25)17(10-14-6-3-2-4-7-14)24-18(26)12-28-19(27)15-8-5-9-16(11-15)20(21,22)23/h2-9,11,17H,10,12H2,1H3,(H,24,26). The van der Waals surface area contributed by atoms with Crippen LogP contribution >= 0.6 is 0 Å². The third kappa shape index (κ3) is 6.22. The number of ether oxygens (including phenoxy) is 1. The van der Waals surface area contributed by atoms with E-state index in [2.05, 4.69) is 5.32 Å². The first-order valence-electron chi connectivity index (χ1n) is 8.35. The van der Waals surface area contributed by atoms with E-state index in [1.165, 1.54) is 6.92 Å². The second kappa shape index (κ2) is 9.16. The highest BCUT2D eigenvalue weighted by molar-refractivity contribution is 5.92. The molecule has 8 heteroatoms. The number of benzene rings is 2. The number of amides is 1. The van der Waals surface area contributed by atoms with Gasteiger partial charge in [0.15, 0.2) is 12.4 Å². The second-order valence-corrected chi connectivity index (χ2v) is 6.08. The van der Waals surface area contributed by atoms with Crippen molar-refractivity contribution in [3.63, 3.8) is 0 Å². The Morgan fingerprint density at radius 1 is 1.04 bits per heavy atom. The first-order chi connectivity index (χ1) is 13.2. The molecule has 1 amide bonds.